The Hall–Kier alpha value is -4.41. The van der Waals surface area contributed by atoms with Crippen molar-refractivity contribution in [3.8, 4) is 0 Å². The molecule has 11 heteroatoms. The molecule has 0 saturated heterocycles. The summed E-state index contributed by atoms with van der Waals surface area (Å²) >= 11 is 0. The van der Waals surface area contributed by atoms with Crippen molar-refractivity contribution in [2.75, 3.05) is 35.9 Å². The van der Waals surface area contributed by atoms with Gasteiger partial charge in [0, 0.05) is 29.7 Å². The van der Waals surface area contributed by atoms with Crippen molar-refractivity contribution >= 4 is 52.4 Å². The van der Waals surface area contributed by atoms with Crippen LogP contribution in [-0.2, 0) is 44.3 Å². The SMILES string of the molecule is COC(=O)C(=O)Nc1cc(N)ccc1C(C)(C)C.COC(=O)C(=O)Nc1cc(NC(C)=O)ccc1C(C)(C)C. The molecule has 2 aromatic rings. The molecule has 2 rings (SSSR count). The van der Waals surface area contributed by atoms with Gasteiger partial charge in [-0.1, -0.05) is 53.7 Å². The van der Waals surface area contributed by atoms with E-state index in [1.165, 1.54) is 6.92 Å². The van der Waals surface area contributed by atoms with Crippen LogP contribution in [0.1, 0.15) is 59.6 Å². The quantitative estimate of drug-likeness (QED) is 0.259. The summed E-state index contributed by atoms with van der Waals surface area (Å²) in [7, 11) is 2.30. The second-order valence-corrected chi connectivity index (χ2v) is 10.6. The van der Waals surface area contributed by atoms with Crippen LogP contribution >= 0.6 is 0 Å². The predicted molar refractivity (Wildman–Crippen MR) is 150 cm³/mol. The fourth-order valence-electron chi connectivity index (χ4n) is 3.43. The van der Waals surface area contributed by atoms with Crippen LogP contribution in [0.4, 0.5) is 22.7 Å². The highest BCUT2D eigenvalue weighted by atomic mass is 16.5. The molecule has 0 bridgehead atoms. The highest BCUT2D eigenvalue weighted by Gasteiger charge is 2.23. The van der Waals surface area contributed by atoms with Crippen LogP contribution in [0.3, 0.4) is 0 Å². The van der Waals surface area contributed by atoms with Gasteiger partial charge in [0.25, 0.3) is 0 Å². The first-order valence-electron chi connectivity index (χ1n) is 12.0. The molecule has 2 aromatic carbocycles. The standard InChI is InChI=1S/C15H20N2O4.C13H18N2O3/c1-9(18)16-10-6-7-11(15(2,3)4)12(8-10)17-13(19)14(20)21-5;1-13(2,3)9-6-5-8(14)7-10(9)15-11(16)12(17)18-4/h6-8H,1-5H3,(H,16,18)(H,17,19);5-7H,14H2,1-4H3,(H,15,16). The molecular weight excluding hydrogens is 504 g/mol. The van der Waals surface area contributed by atoms with Crippen molar-refractivity contribution in [3.05, 3.63) is 47.5 Å². The summed E-state index contributed by atoms with van der Waals surface area (Å²) in [5, 5.41) is 7.67. The monoisotopic (exact) mass is 542 g/mol. The van der Waals surface area contributed by atoms with Crippen LogP contribution in [-0.4, -0.2) is 43.9 Å². The van der Waals surface area contributed by atoms with Crippen molar-refractivity contribution in [2.24, 2.45) is 0 Å². The summed E-state index contributed by atoms with van der Waals surface area (Å²) in [5.74, 6) is -3.79. The molecule has 0 unspecified atom stereocenters. The third-order valence-electron chi connectivity index (χ3n) is 5.24. The zero-order valence-corrected chi connectivity index (χ0v) is 23.9. The van der Waals surface area contributed by atoms with Gasteiger partial charge in [-0.05, 0) is 46.2 Å². The largest absolute Gasteiger partial charge is 0.462 e. The van der Waals surface area contributed by atoms with E-state index >= 15 is 0 Å². The van der Waals surface area contributed by atoms with E-state index in [0.29, 0.717) is 22.7 Å². The van der Waals surface area contributed by atoms with Gasteiger partial charge in [0.15, 0.2) is 0 Å². The lowest BCUT2D eigenvalue weighted by molar-refractivity contribution is -0.150. The smallest absolute Gasteiger partial charge is 0.396 e. The van der Waals surface area contributed by atoms with E-state index in [-0.39, 0.29) is 16.7 Å². The molecule has 11 nitrogen and oxygen atoms in total. The summed E-state index contributed by atoms with van der Waals surface area (Å²) in [6, 6.07) is 10.4. The molecule has 0 aliphatic heterocycles. The van der Waals surface area contributed by atoms with Crippen LogP contribution in [0.2, 0.25) is 0 Å². The van der Waals surface area contributed by atoms with E-state index in [9.17, 15) is 24.0 Å². The fraction of sp³-hybridized carbons (Fsp3) is 0.393. The van der Waals surface area contributed by atoms with Gasteiger partial charge >= 0.3 is 23.8 Å². The first kappa shape index (κ1) is 32.6. The van der Waals surface area contributed by atoms with Crippen LogP contribution in [0.15, 0.2) is 36.4 Å². The second-order valence-electron chi connectivity index (χ2n) is 10.6. The molecular formula is C28H38N4O7. The normalized spacial score (nSPS) is 10.8. The second kappa shape index (κ2) is 13.4. The van der Waals surface area contributed by atoms with Gasteiger partial charge in [0.1, 0.15) is 0 Å². The lowest BCUT2D eigenvalue weighted by Crippen LogP contribution is -2.26. The van der Waals surface area contributed by atoms with E-state index in [1.807, 2.05) is 47.6 Å². The number of esters is 2. The Labute approximate surface area is 228 Å². The molecule has 0 spiro atoms. The number of carbonyl (C=O) groups excluding carboxylic acids is 5. The summed E-state index contributed by atoms with van der Waals surface area (Å²) in [6.45, 7) is 13.4. The zero-order chi connectivity index (χ0) is 30.1. The Morgan fingerprint density at radius 1 is 0.667 bits per heavy atom. The first-order valence-corrected chi connectivity index (χ1v) is 12.0. The van der Waals surface area contributed by atoms with Crippen molar-refractivity contribution < 1.29 is 33.4 Å². The first-order chi connectivity index (χ1) is 17.9. The van der Waals surface area contributed by atoms with E-state index in [2.05, 4.69) is 25.4 Å². The number of benzene rings is 2. The number of amides is 3. The van der Waals surface area contributed by atoms with E-state index in [1.54, 1.807) is 30.3 Å². The van der Waals surface area contributed by atoms with Gasteiger partial charge < -0.3 is 31.2 Å². The third kappa shape index (κ3) is 10.1. The van der Waals surface area contributed by atoms with Gasteiger partial charge in [-0.2, -0.15) is 0 Å². The topological polar surface area (TPSA) is 166 Å². The van der Waals surface area contributed by atoms with Crippen molar-refractivity contribution in [1.29, 1.82) is 0 Å². The van der Waals surface area contributed by atoms with Gasteiger partial charge in [0.05, 0.1) is 14.2 Å². The molecule has 0 radical (unpaired) electrons. The lowest BCUT2D eigenvalue weighted by Gasteiger charge is -2.23. The molecule has 0 saturated carbocycles. The zero-order valence-electron chi connectivity index (χ0n) is 23.9. The molecule has 0 aliphatic rings. The van der Waals surface area contributed by atoms with Gasteiger partial charge in [-0.25, -0.2) is 9.59 Å². The molecule has 0 aromatic heterocycles. The van der Waals surface area contributed by atoms with Crippen LogP contribution in [0.25, 0.3) is 0 Å². The summed E-state index contributed by atoms with van der Waals surface area (Å²) < 4.78 is 8.74. The Balaban J connectivity index is 0.000000395. The third-order valence-corrected chi connectivity index (χ3v) is 5.24. The number of methoxy groups -OCH3 is 2. The van der Waals surface area contributed by atoms with E-state index in [0.717, 1.165) is 25.3 Å². The highest BCUT2D eigenvalue weighted by molar-refractivity contribution is 6.37. The van der Waals surface area contributed by atoms with Gasteiger partial charge in [-0.3, -0.25) is 14.4 Å². The molecule has 5 N–H and O–H groups in total. The van der Waals surface area contributed by atoms with Crippen molar-refractivity contribution in [2.45, 2.75) is 59.3 Å². The lowest BCUT2D eigenvalue weighted by atomic mass is 9.85. The Morgan fingerprint density at radius 2 is 1.08 bits per heavy atom. The van der Waals surface area contributed by atoms with Crippen LogP contribution in [0.5, 0.6) is 0 Å². The molecule has 39 heavy (non-hydrogen) atoms. The number of hydrogen-bond donors (Lipinski definition) is 4. The molecule has 0 heterocycles. The number of rotatable bonds is 3. The van der Waals surface area contributed by atoms with Crippen LogP contribution in [0, 0.1) is 0 Å². The maximum Gasteiger partial charge on any atom is 0.396 e. The van der Waals surface area contributed by atoms with Gasteiger partial charge in [0.2, 0.25) is 5.91 Å². The molecule has 0 fully saturated rings. The Bertz CT molecular complexity index is 1240. The number of hydrogen-bond acceptors (Lipinski definition) is 8. The average Bonchev–Trinajstić information content (AvgIpc) is 2.81. The van der Waals surface area contributed by atoms with Gasteiger partial charge in [-0.15, -0.1) is 0 Å². The number of nitrogen functional groups attached to an aromatic ring is 1. The summed E-state index contributed by atoms with van der Waals surface area (Å²) in [5.41, 5.74) is 9.05. The number of nitrogens with two attached hydrogens (primary N) is 1. The summed E-state index contributed by atoms with van der Waals surface area (Å²) in [4.78, 5) is 56.6. The number of nitrogens with one attached hydrogen (secondary N) is 3. The highest BCUT2D eigenvalue weighted by Crippen LogP contribution is 2.32. The van der Waals surface area contributed by atoms with E-state index < -0.39 is 23.8 Å². The minimum Gasteiger partial charge on any atom is -0.462 e. The Morgan fingerprint density at radius 3 is 1.46 bits per heavy atom. The maximum atomic E-state index is 11.7. The fourth-order valence-corrected chi connectivity index (χ4v) is 3.43. The Kier molecular flexibility index (Phi) is 11.2. The molecule has 3 amide bonds. The maximum absolute atomic E-state index is 11.7. The summed E-state index contributed by atoms with van der Waals surface area (Å²) in [6.07, 6.45) is 0. The number of carbonyl (C=O) groups is 5. The molecule has 0 atom stereocenters. The average molecular weight is 543 g/mol. The minimum absolute atomic E-state index is 0.174. The van der Waals surface area contributed by atoms with E-state index in [4.69, 9.17) is 5.73 Å². The van der Waals surface area contributed by atoms with Crippen molar-refractivity contribution in [3.63, 3.8) is 0 Å². The predicted octanol–water partition coefficient (Wildman–Crippen LogP) is 3.73. The molecule has 212 valence electrons. The molecule has 0 aliphatic carbocycles. The van der Waals surface area contributed by atoms with Crippen molar-refractivity contribution in [1.82, 2.24) is 0 Å². The van der Waals surface area contributed by atoms with Crippen LogP contribution < -0.4 is 21.7 Å². The number of ether oxygens (including phenoxy) is 2. The number of anilines is 4. The minimum atomic E-state index is -0.972.